The summed E-state index contributed by atoms with van der Waals surface area (Å²) in [5.74, 6) is 1.62. The monoisotopic (exact) mass is 117 g/mol. The average molecular weight is 117 g/mol. The SMILES string of the molecule is c1ccc([C]2CC2)cc1. The minimum atomic E-state index is 1.32. The molecular weight excluding hydrogens is 108 g/mol. The molecule has 0 N–H and O–H groups in total. The highest BCUT2D eigenvalue weighted by Gasteiger charge is 2.23. The first kappa shape index (κ1) is 5.04. The number of rotatable bonds is 1. The minimum Gasteiger partial charge on any atom is -0.0622 e. The van der Waals surface area contributed by atoms with Crippen molar-refractivity contribution in [3.8, 4) is 0 Å². The van der Waals surface area contributed by atoms with E-state index in [2.05, 4.69) is 30.3 Å². The summed E-state index contributed by atoms with van der Waals surface area (Å²) in [6.45, 7) is 0. The van der Waals surface area contributed by atoms with Crippen LogP contribution < -0.4 is 0 Å². The second-order valence-corrected chi connectivity index (χ2v) is 2.47. The van der Waals surface area contributed by atoms with E-state index in [1.807, 2.05) is 0 Å². The minimum absolute atomic E-state index is 1.32. The molecule has 0 amide bonds. The zero-order chi connectivity index (χ0) is 6.10. The molecule has 0 heterocycles. The van der Waals surface area contributed by atoms with Crippen molar-refractivity contribution < 1.29 is 0 Å². The smallest absolute Gasteiger partial charge is 0.00504 e. The summed E-state index contributed by atoms with van der Waals surface area (Å²) in [5, 5.41) is 0. The zero-order valence-corrected chi connectivity index (χ0v) is 5.30. The molecule has 1 aromatic carbocycles. The highest BCUT2D eigenvalue weighted by molar-refractivity contribution is 5.36. The van der Waals surface area contributed by atoms with E-state index in [-0.39, 0.29) is 0 Å². The number of hydrogen-bond acceptors (Lipinski definition) is 0. The van der Waals surface area contributed by atoms with Crippen LogP contribution in [-0.4, -0.2) is 0 Å². The van der Waals surface area contributed by atoms with Crippen molar-refractivity contribution in [2.24, 2.45) is 0 Å². The first-order chi connectivity index (χ1) is 4.47. The zero-order valence-electron chi connectivity index (χ0n) is 5.30. The highest BCUT2D eigenvalue weighted by atomic mass is 14.3. The van der Waals surface area contributed by atoms with Crippen molar-refractivity contribution in [1.82, 2.24) is 0 Å². The summed E-state index contributed by atoms with van der Waals surface area (Å²) in [4.78, 5) is 0. The topological polar surface area (TPSA) is 0 Å². The van der Waals surface area contributed by atoms with Gasteiger partial charge >= 0.3 is 0 Å². The van der Waals surface area contributed by atoms with Crippen LogP contribution >= 0.6 is 0 Å². The van der Waals surface area contributed by atoms with E-state index < -0.39 is 0 Å². The van der Waals surface area contributed by atoms with Crippen molar-refractivity contribution in [3.05, 3.63) is 41.8 Å². The van der Waals surface area contributed by atoms with E-state index in [4.69, 9.17) is 0 Å². The van der Waals surface area contributed by atoms with Crippen LogP contribution in [0.15, 0.2) is 30.3 Å². The van der Waals surface area contributed by atoms with E-state index in [1.165, 1.54) is 18.4 Å². The maximum atomic E-state index is 2.18. The molecule has 0 aromatic heterocycles. The fourth-order valence-corrected chi connectivity index (χ4v) is 1.03. The van der Waals surface area contributed by atoms with Crippen LogP contribution in [0.4, 0.5) is 0 Å². The average Bonchev–Trinajstić information content (AvgIpc) is 2.71. The molecule has 1 aliphatic carbocycles. The first-order valence-corrected chi connectivity index (χ1v) is 3.37. The number of hydrogen-bond donors (Lipinski definition) is 0. The molecule has 0 spiro atoms. The predicted octanol–water partition coefficient (Wildman–Crippen LogP) is 2.40. The quantitative estimate of drug-likeness (QED) is 0.530. The molecule has 2 rings (SSSR count). The van der Waals surface area contributed by atoms with Gasteiger partial charge in [-0.3, -0.25) is 0 Å². The fourth-order valence-electron chi connectivity index (χ4n) is 1.03. The molecular formula is C9H9. The largest absolute Gasteiger partial charge is 0.0622 e. The van der Waals surface area contributed by atoms with Gasteiger partial charge < -0.3 is 0 Å². The third kappa shape index (κ3) is 0.973. The van der Waals surface area contributed by atoms with Crippen molar-refractivity contribution in [2.75, 3.05) is 0 Å². The molecule has 1 aliphatic rings. The van der Waals surface area contributed by atoms with Gasteiger partial charge in [-0.15, -0.1) is 0 Å². The lowest BCUT2D eigenvalue weighted by atomic mass is 10.1. The van der Waals surface area contributed by atoms with E-state index in [9.17, 15) is 0 Å². The Morgan fingerprint density at radius 1 is 0.889 bits per heavy atom. The third-order valence-corrected chi connectivity index (χ3v) is 1.68. The van der Waals surface area contributed by atoms with Gasteiger partial charge in [-0.1, -0.05) is 30.3 Å². The summed E-state index contributed by atoms with van der Waals surface area (Å²) in [5.41, 5.74) is 1.44. The van der Waals surface area contributed by atoms with Gasteiger partial charge in [-0.2, -0.15) is 0 Å². The van der Waals surface area contributed by atoms with Crippen LogP contribution in [0.5, 0.6) is 0 Å². The summed E-state index contributed by atoms with van der Waals surface area (Å²) < 4.78 is 0. The Morgan fingerprint density at radius 2 is 1.56 bits per heavy atom. The summed E-state index contributed by atoms with van der Waals surface area (Å²) in [6.07, 6.45) is 2.65. The molecule has 9 heavy (non-hydrogen) atoms. The fraction of sp³-hybridized carbons (Fsp3) is 0.222. The maximum absolute atomic E-state index is 2.18. The Balaban J connectivity index is 2.29. The molecule has 0 saturated heterocycles. The van der Waals surface area contributed by atoms with Crippen LogP contribution in [0.25, 0.3) is 0 Å². The van der Waals surface area contributed by atoms with E-state index in [1.54, 1.807) is 5.92 Å². The lowest BCUT2D eigenvalue weighted by Crippen LogP contribution is -1.74. The predicted molar refractivity (Wildman–Crippen MR) is 38.0 cm³/mol. The van der Waals surface area contributed by atoms with Crippen molar-refractivity contribution in [3.63, 3.8) is 0 Å². The molecule has 0 nitrogen and oxygen atoms in total. The van der Waals surface area contributed by atoms with Gasteiger partial charge in [0.2, 0.25) is 0 Å². The molecule has 0 heteroatoms. The molecule has 1 radical (unpaired) electrons. The van der Waals surface area contributed by atoms with Crippen molar-refractivity contribution in [2.45, 2.75) is 12.8 Å². The van der Waals surface area contributed by atoms with Gasteiger partial charge in [0.1, 0.15) is 0 Å². The second kappa shape index (κ2) is 1.87. The molecule has 0 bridgehead atoms. The van der Waals surface area contributed by atoms with Gasteiger partial charge in [-0.05, 0) is 18.4 Å². The summed E-state index contributed by atoms with van der Waals surface area (Å²) in [6, 6.07) is 10.6. The van der Waals surface area contributed by atoms with E-state index >= 15 is 0 Å². The van der Waals surface area contributed by atoms with Crippen LogP contribution in [-0.2, 0) is 0 Å². The van der Waals surface area contributed by atoms with E-state index in [0.717, 1.165) is 0 Å². The number of benzene rings is 1. The molecule has 1 saturated carbocycles. The Kier molecular flexibility index (Phi) is 1.05. The van der Waals surface area contributed by atoms with Crippen LogP contribution in [0, 0.1) is 5.92 Å². The molecule has 1 aromatic rings. The van der Waals surface area contributed by atoms with Gasteiger partial charge in [-0.25, -0.2) is 0 Å². The molecule has 1 fully saturated rings. The molecule has 0 unspecified atom stereocenters. The summed E-state index contributed by atoms with van der Waals surface area (Å²) in [7, 11) is 0. The van der Waals surface area contributed by atoms with Gasteiger partial charge in [0.05, 0.1) is 0 Å². The van der Waals surface area contributed by atoms with Crippen LogP contribution in [0.2, 0.25) is 0 Å². The van der Waals surface area contributed by atoms with Crippen molar-refractivity contribution >= 4 is 0 Å². The van der Waals surface area contributed by atoms with Crippen LogP contribution in [0.1, 0.15) is 18.4 Å². The Hall–Kier alpha value is -0.780. The van der Waals surface area contributed by atoms with E-state index in [0.29, 0.717) is 0 Å². The summed E-state index contributed by atoms with van der Waals surface area (Å²) >= 11 is 0. The molecule has 0 aliphatic heterocycles. The molecule has 0 atom stereocenters. The standard InChI is InChI=1S/C9H9/c1-2-4-8(5-3-1)9-6-7-9/h1-5H,6-7H2. The van der Waals surface area contributed by atoms with Crippen molar-refractivity contribution in [1.29, 1.82) is 0 Å². The van der Waals surface area contributed by atoms with Gasteiger partial charge in [0, 0.05) is 5.92 Å². The first-order valence-electron chi connectivity index (χ1n) is 3.37. The lowest BCUT2D eigenvalue weighted by molar-refractivity contribution is 1.41. The Bertz CT molecular complexity index is 184. The lowest BCUT2D eigenvalue weighted by Gasteiger charge is -1.91. The second-order valence-electron chi connectivity index (χ2n) is 2.47. The normalized spacial score (nSPS) is 17.8. The third-order valence-electron chi connectivity index (χ3n) is 1.68. The van der Waals surface area contributed by atoms with Gasteiger partial charge in [0.25, 0.3) is 0 Å². The Labute approximate surface area is 55.5 Å². The molecule has 45 valence electrons. The highest BCUT2D eigenvalue weighted by Crippen LogP contribution is 2.38. The van der Waals surface area contributed by atoms with Crippen LogP contribution in [0.3, 0.4) is 0 Å². The maximum Gasteiger partial charge on any atom is 0.00504 e. The Morgan fingerprint density at radius 3 is 2.11 bits per heavy atom. The van der Waals surface area contributed by atoms with Gasteiger partial charge in [0.15, 0.2) is 0 Å².